The van der Waals surface area contributed by atoms with E-state index >= 15 is 0 Å². The highest BCUT2D eigenvalue weighted by molar-refractivity contribution is 5.61. The van der Waals surface area contributed by atoms with Crippen LogP contribution in [0.1, 0.15) is 5.56 Å². The predicted molar refractivity (Wildman–Crippen MR) is 57.7 cm³/mol. The van der Waals surface area contributed by atoms with Gasteiger partial charge in [-0.15, -0.1) is 4.90 Å². The number of hydrogen-bond acceptors (Lipinski definition) is 2. The van der Waals surface area contributed by atoms with Gasteiger partial charge in [-0.25, -0.2) is 0 Å². The van der Waals surface area contributed by atoms with Gasteiger partial charge in [0.25, 0.3) is 0 Å². The van der Waals surface area contributed by atoms with Crippen LogP contribution >= 0.6 is 0 Å². The Labute approximate surface area is 96.0 Å². The SMILES string of the molecule is [C+]1=NC=CN1C=CCc1ccccc1.[Cl-]. The van der Waals surface area contributed by atoms with E-state index in [4.69, 9.17) is 0 Å². The molecule has 1 aromatic rings. The molecule has 0 saturated carbocycles. The molecule has 0 amide bonds. The van der Waals surface area contributed by atoms with E-state index in [1.54, 1.807) is 6.20 Å². The van der Waals surface area contributed by atoms with Crippen LogP contribution < -0.4 is 12.4 Å². The minimum absolute atomic E-state index is 0. The Hall–Kier alpha value is -1.63. The molecule has 1 heterocycles. The monoisotopic (exact) mass is 218 g/mol. The molecular formula is C12H11ClN2. The van der Waals surface area contributed by atoms with Crippen LogP contribution in [0.15, 0.2) is 60.0 Å². The van der Waals surface area contributed by atoms with Crippen molar-refractivity contribution < 1.29 is 12.4 Å². The Morgan fingerprint density at radius 2 is 2.07 bits per heavy atom. The maximum atomic E-state index is 3.83. The molecule has 0 aromatic heterocycles. The molecule has 0 spiro atoms. The van der Waals surface area contributed by atoms with Crippen molar-refractivity contribution in [3.05, 3.63) is 60.6 Å². The summed E-state index contributed by atoms with van der Waals surface area (Å²) in [5, 5.41) is 0. The Bertz CT molecular complexity index is 356. The number of benzene rings is 1. The van der Waals surface area contributed by atoms with Crippen molar-refractivity contribution in [1.29, 1.82) is 0 Å². The van der Waals surface area contributed by atoms with Crippen LogP contribution in [-0.2, 0) is 6.42 Å². The van der Waals surface area contributed by atoms with Crippen molar-refractivity contribution in [2.24, 2.45) is 4.99 Å². The van der Waals surface area contributed by atoms with Crippen molar-refractivity contribution in [3.63, 3.8) is 0 Å². The van der Waals surface area contributed by atoms with Crippen LogP contribution in [0.5, 0.6) is 0 Å². The van der Waals surface area contributed by atoms with Gasteiger partial charge in [0.1, 0.15) is 0 Å². The summed E-state index contributed by atoms with van der Waals surface area (Å²) in [6, 6.07) is 10.3. The first-order chi connectivity index (χ1) is 6.95. The first-order valence-electron chi connectivity index (χ1n) is 4.56. The molecule has 0 radical (unpaired) electrons. The Morgan fingerprint density at radius 3 is 2.73 bits per heavy atom. The molecule has 0 N–H and O–H groups in total. The number of nitrogens with zero attached hydrogens (tertiary/aromatic N) is 2. The van der Waals surface area contributed by atoms with Crippen LogP contribution in [0.3, 0.4) is 0 Å². The van der Waals surface area contributed by atoms with Crippen LogP contribution in [0.25, 0.3) is 0 Å². The van der Waals surface area contributed by atoms with Crippen LogP contribution in [0.2, 0.25) is 0 Å². The van der Waals surface area contributed by atoms with E-state index in [0.717, 1.165) is 6.42 Å². The van der Waals surface area contributed by atoms with E-state index in [-0.39, 0.29) is 12.4 Å². The molecule has 15 heavy (non-hydrogen) atoms. The van der Waals surface area contributed by atoms with Gasteiger partial charge in [-0.1, -0.05) is 35.3 Å². The first-order valence-corrected chi connectivity index (χ1v) is 4.56. The van der Waals surface area contributed by atoms with Gasteiger partial charge in [-0.3, -0.25) is 0 Å². The molecule has 1 aromatic carbocycles. The number of rotatable bonds is 3. The summed E-state index contributed by atoms with van der Waals surface area (Å²) in [4.78, 5) is 5.64. The van der Waals surface area contributed by atoms with E-state index in [0.29, 0.717) is 0 Å². The topological polar surface area (TPSA) is 15.6 Å². The zero-order valence-electron chi connectivity index (χ0n) is 8.18. The van der Waals surface area contributed by atoms with Gasteiger partial charge in [0.15, 0.2) is 12.4 Å². The summed E-state index contributed by atoms with van der Waals surface area (Å²) in [5.74, 6) is 0. The van der Waals surface area contributed by atoms with Crippen molar-refractivity contribution >= 4 is 6.34 Å². The van der Waals surface area contributed by atoms with Crippen molar-refractivity contribution in [1.82, 2.24) is 4.90 Å². The smallest absolute Gasteiger partial charge is 0.223 e. The summed E-state index contributed by atoms with van der Waals surface area (Å²) in [5.41, 5.74) is 1.31. The standard InChI is InChI=1S/C12H11N2.ClH/c1-2-5-12(6-3-1)7-4-9-14-10-8-13-11-14;/h1-6,8-10H,7H2;1H/q+1;/p-1. The van der Waals surface area contributed by atoms with E-state index in [1.807, 2.05) is 35.5 Å². The Balaban J connectivity index is 0.00000112. The van der Waals surface area contributed by atoms with Crippen molar-refractivity contribution in [3.8, 4) is 0 Å². The predicted octanol–water partition coefficient (Wildman–Crippen LogP) is -0.561. The van der Waals surface area contributed by atoms with Gasteiger partial charge in [0, 0.05) is 6.42 Å². The van der Waals surface area contributed by atoms with Gasteiger partial charge in [0.2, 0.25) is 6.34 Å². The second-order valence-corrected chi connectivity index (χ2v) is 3.01. The summed E-state index contributed by atoms with van der Waals surface area (Å²) in [6.07, 6.45) is 11.4. The molecule has 0 bridgehead atoms. The molecule has 0 fully saturated rings. The third-order valence-electron chi connectivity index (χ3n) is 1.94. The Morgan fingerprint density at radius 1 is 1.27 bits per heavy atom. The fourth-order valence-corrected chi connectivity index (χ4v) is 1.24. The van der Waals surface area contributed by atoms with Gasteiger partial charge in [-0.05, 0) is 11.6 Å². The lowest BCUT2D eigenvalue weighted by Gasteiger charge is -1.94. The molecule has 1 aliphatic heterocycles. The zero-order valence-corrected chi connectivity index (χ0v) is 8.93. The zero-order chi connectivity index (χ0) is 9.64. The van der Waals surface area contributed by atoms with Crippen molar-refractivity contribution in [2.45, 2.75) is 6.42 Å². The molecule has 3 heteroatoms. The van der Waals surface area contributed by atoms with Gasteiger partial charge in [-0.2, -0.15) is 0 Å². The number of halogens is 1. The lowest BCUT2D eigenvalue weighted by atomic mass is 10.1. The quantitative estimate of drug-likeness (QED) is 0.621. The fraction of sp³-hybridized carbons (Fsp3) is 0.0833. The largest absolute Gasteiger partial charge is 1.00 e. The van der Waals surface area contributed by atoms with Crippen LogP contribution in [-0.4, -0.2) is 11.2 Å². The van der Waals surface area contributed by atoms with Crippen LogP contribution in [0.4, 0.5) is 0 Å². The molecule has 2 rings (SSSR count). The molecule has 0 aliphatic carbocycles. The Kier molecular flexibility index (Phi) is 4.55. The second kappa shape index (κ2) is 5.97. The van der Waals surface area contributed by atoms with Gasteiger partial charge < -0.3 is 12.4 Å². The van der Waals surface area contributed by atoms with E-state index in [1.165, 1.54) is 5.56 Å². The summed E-state index contributed by atoms with van der Waals surface area (Å²) < 4.78 is 0. The second-order valence-electron chi connectivity index (χ2n) is 3.01. The average molecular weight is 219 g/mol. The number of hydrogen-bond donors (Lipinski definition) is 0. The number of aliphatic imine (C=N–C) groups is 1. The molecule has 76 valence electrons. The third-order valence-corrected chi connectivity index (χ3v) is 1.94. The molecule has 0 atom stereocenters. The van der Waals surface area contributed by atoms with E-state index in [2.05, 4.69) is 29.5 Å². The average Bonchev–Trinajstić information content (AvgIpc) is 2.72. The highest BCUT2D eigenvalue weighted by Crippen LogP contribution is 2.02. The maximum Gasteiger partial charge on any atom is 0.223 e. The van der Waals surface area contributed by atoms with Crippen molar-refractivity contribution in [2.75, 3.05) is 0 Å². The summed E-state index contributed by atoms with van der Waals surface area (Å²) in [6.45, 7) is 0. The highest BCUT2D eigenvalue weighted by atomic mass is 35.5. The number of allylic oxidation sites excluding steroid dienone is 1. The van der Waals surface area contributed by atoms with Gasteiger partial charge in [0.05, 0.1) is 6.20 Å². The van der Waals surface area contributed by atoms with Gasteiger partial charge >= 0.3 is 0 Å². The molecule has 0 saturated heterocycles. The fourth-order valence-electron chi connectivity index (χ4n) is 1.24. The van der Waals surface area contributed by atoms with Crippen LogP contribution in [0, 0.1) is 0 Å². The lowest BCUT2D eigenvalue weighted by Crippen LogP contribution is -3.00. The molecule has 0 unspecified atom stereocenters. The molecule has 2 nitrogen and oxygen atoms in total. The maximum absolute atomic E-state index is 3.83. The first kappa shape index (κ1) is 11.4. The minimum Gasteiger partial charge on any atom is -1.00 e. The summed E-state index contributed by atoms with van der Waals surface area (Å²) >= 11 is 0. The lowest BCUT2D eigenvalue weighted by molar-refractivity contribution is -0.00000281. The molecular weight excluding hydrogens is 208 g/mol. The minimum atomic E-state index is 0. The normalized spacial score (nSPS) is 12.9. The highest BCUT2D eigenvalue weighted by Gasteiger charge is 2.03. The van der Waals surface area contributed by atoms with E-state index < -0.39 is 0 Å². The molecule has 1 aliphatic rings. The van der Waals surface area contributed by atoms with E-state index in [9.17, 15) is 0 Å². The third kappa shape index (κ3) is 3.55. The summed E-state index contributed by atoms with van der Waals surface area (Å²) in [7, 11) is 0.